The molecule has 1 fully saturated rings. The molecule has 0 amide bonds. The van der Waals surface area contributed by atoms with Crippen LogP contribution in [0.4, 0.5) is 5.69 Å². The van der Waals surface area contributed by atoms with E-state index in [1.807, 2.05) is 0 Å². The number of nitro groups is 1. The second-order valence-corrected chi connectivity index (χ2v) is 5.93. The Morgan fingerprint density at radius 3 is 2.70 bits per heavy atom. The average Bonchev–Trinajstić information content (AvgIpc) is 2.70. The van der Waals surface area contributed by atoms with Crippen LogP contribution in [0.15, 0.2) is 18.2 Å². The zero-order valence-electron chi connectivity index (χ0n) is 15.4. The van der Waals surface area contributed by atoms with Crippen LogP contribution in [0.5, 0.6) is 0 Å². The van der Waals surface area contributed by atoms with Gasteiger partial charge in [0, 0.05) is 12.7 Å². The molecule has 0 spiro atoms. The molecule has 1 heterocycles. The molecule has 1 saturated heterocycles. The van der Waals surface area contributed by atoms with Gasteiger partial charge < -0.3 is 23.7 Å². The van der Waals surface area contributed by atoms with Crippen molar-refractivity contribution >= 4 is 11.7 Å². The molecule has 1 aromatic carbocycles. The quantitative estimate of drug-likeness (QED) is 0.248. The number of hydrogen-bond donors (Lipinski definition) is 0. The molecule has 1 aliphatic heterocycles. The first-order valence-corrected chi connectivity index (χ1v) is 8.86. The van der Waals surface area contributed by atoms with Crippen LogP contribution < -0.4 is 0 Å². The largest absolute Gasteiger partial charge is 0.465 e. The molecule has 1 unspecified atom stereocenters. The number of hydrogen-bond acceptors (Lipinski definition) is 8. The van der Waals surface area contributed by atoms with Gasteiger partial charge in [-0.3, -0.25) is 10.1 Å². The summed E-state index contributed by atoms with van der Waals surface area (Å²) in [5, 5.41) is 11.1. The number of methoxy groups -OCH3 is 1. The highest BCUT2D eigenvalue weighted by molar-refractivity contribution is 5.93. The maximum Gasteiger partial charge on any atom is 0.344 e. The van der Waals surface area contributed by atoms with Crippen molar-refractivity contribution in [2.45, 2.75) is 32.2 Å². The lowest BCUT2D eigenvalue weighted by Crippen LogP contribution is -2.24. The number of ether oxygens (including phenoxy) is 5. The Bertz CT molecular complexity index is 615. The fraction of sp³-hybridized carbons (Fsp3) is 0.611. The van der Waals surface area contributed by atoms with Gasteiger partial charge in [0.15, 0.2) is 6.29 Å². The highest BCUT2D eigenvalue weighted by atomic mass is 16.7. The number of benzene rings is 1. The maximum atomic E-state index is 11.5. The highest BCUT2D eigenvalue weighted by Crippen LogP contribution is 2.21. The van der Waals surface area contributed by atoms with Gasteiger partial charge in [-0.2, -0.15) is 0 Å². The van der Waals surface area contributed by atoms with E-state index in [9.17, 15) is 14.9 Å². The molecule has 27 heavy (non-hydrogen) atoms. The van der Waals surface area contributed by atoms with Gasteiger partial charge in [-0.1, -0.05) is 6.07 Å². The van der Waals surface area contributed by atoms with Gasteiger partial charge in [0.05, 0.1) is 45.1 Å². The predicted octanol–water partition coefficient (Wildman–Crippen LogP) is 2.46. The van der Waals surface area contributed by atoms with E-state index in [-0.39, 0.29) is 24.1 Å². The number of esters is 1. The normalized spacial score (nSPS) is 16.9. The topological polar surface area (TPSA) is 106 Å². The predicted molar refractivity (Wildman–Crippen MR) is 94.5 cm³/mol. The fourth-order valence-electron chi connectivity index (χ4n) is 2.59. The number of carbonyl (C=O) groups is 1. The lowest BCUT2D eigenvalue weighted by molar-refractivity contribution is -0.385. The lowest BCUT2D eigenvalue weighted by Gasteiger charge is -2.22. The monoisotopic (exact) mass is 383 g/mol. The minimum absolute atomic E-state index is 0.0865. The molecule has 0 saturated carbocycles. The van der Waals surface area contributed by atoms with E-state index >= 15 is 0 Å². The molecule has 1 aromatic rings. The Morgan fingerprint density at radius 1 is 1.22 bits per heavy atom. The van der Waals surface area contributed by atoms with Gasteiger partial charge in [0.1, 0.15) is 5.56 Å². The second-order valence-electron chi connectivity index (χ2n) is 5.93. The zero-order valence-corrected chi connectivity index (χ0v) is 15.4. The number of nitrogens with zero attached hydrogens (tertiary/aromatic N) is 1. The summed E-state index contributed by atoms with van der Waals surface area (Å²) >= 11 is 0. The van der Waals surface area contributed by atoms with E-state index in [0.717, 1.165) is 25.9 Å². The molecule has 9 heteroatoms. The summed E-state index contributed by atoms with van der Waals surface area (Å²) in [4.78, 5) is 22.0. The summed E-state index contributed by atoms with van der Waals surface area (Å²) in [6, 6.07) is 4.27. The molecular formula is C18H25NO8. The Kier molecular flexibility index (Phi) is 9.12. The Hall–Kier alpha value is -2.07. The van der Waals surface area contributed by atoms with Crippen molar-refractivity contribution in [2.24, 2.45) is 0 Å². The zero-order chi connectivity index (χ0) is 19.5. The molecule has 0 aromatic heterocycles. The van der Waals surface area contributed by atoms with Crippen LogP contribution >= 0.6 is 0 Å². The smallest absolute Gasteiger partial charge is 0.344 e. The third-order valence-corrected chi connectivity index (χ3v) is 3.97. The standard InChI is InChI=1S/C18H25NO8/c1-23-18(20)15-6-5-14(12-16(15)19(21)22)13-25-9-8-24-10-11-27-17-4-2-3-7-26-17/h5-6,12,17H,2-4,7-11,13H2,1H3. The summed E-state index contributed by atoms with van der Waals surface area (Å²) in [7, 11) is 1.18. The summed E-state index contributed by atoms with van der Waals surface area (Å²) in [6.07, 6.45) is 3.01. The molecule has 150 valence electrons. The van der Waals surface area contributed by atoms with Crippen LogP contribution in [-0.2, 0) is 30.3 Å². The average molecular weight is 383 g/mol. The molecule has 1 aliphatic rings. The van der Waals surface area contributed by atoms with Gasteiger partial charge in [-0.05, 0) is 30.9 Å². The van der Waals surface area contributed by atoms with Crippen molar-refractivity contribution in [3.8, 4) is 0 Å². The van der Waals surface area contributed by atoms with E-state index in [2.05, 4.69) is 4.74 Å². The number of carbonyl (C=O) groups excluding carboxylic acids is 1. The van der Waals surface area contributed by atoms with E-state index in [1.165, 1.54) is 19.2 Å². The molecule has 9 nitrogen and oxygen atoms in total. The van der Waals surface area contributed by atoms with Crippen LogP contribution in [0.2, 0.25) is 0 Å². The van der Waals surface area contributed by atoms with Crippen LogP contribution in [0, 0.1) is 10.1 Å². The van der Waals surface area contributed by atoms with Crippen LogP contribution in [0.3, 0.4) is 0 Å². The summed E-state index contributed by atoms with van der Waals surface area (Å²) in [6.45, 7) is 2.56. The van der Waals surface area contributed by atoms with E-state index in [1.54, 1.807) is 6.07 Å². The molecule has 1 atom stereocenters. The molecule has 2 rings (SSSR count). The Balaban J connectivity index is 1.63. The van der Waals surface area contributed by atoms with Crippen LogP contribution in [0.1, 0.15) is 35.2 Å². The molecule has 0 N–H and O–H groups in total. The maximum absolute atomic E-state index is 11.5. The summed E-state index contributed by atoms with van der Waals surface area (Å²) in [5.74, 6) is -0.747. The number of rotatable bonds is 11. The molecule has 0 aliphatic carbocycles. The molecular weight excluding hydrogens is 358 g/mol. The molecule has 0 bridgehead atoms. The van der Waals surface area contributed by atoms with Crippen molar-refractivity contribution in [1.29, 1.82) is 0 Å². The van der Waals surface area contributed by atoms with Gasteiger partial charge >= 0.3 is 5.97 Å². The Morgan fingerprint density at radius 2 is 2.00 bits per heavy atom. The lowest BCUT2D eigenvalue weighted by atomic mass is 10.1. The first-order chi connectivity index (χ1) is 13.1. The van der Waals surface area contributed by atoms with Crippen molar-refractivity contribution < 1.29 is 33.4 Å². The summed E-state index contributed by atoms with van der Waals surface area (Å²) in [5.41, 5.74) is 0.199. The summed E-state index contributed by atoms with van der Waals surface area (Å²) < 4.78 is 26.4. The van der Waals surface area contributed by atoms with Crippen molar-refractivity contribution in [2.75, 3.05) is 40.1 Å². The second kappa shape index (κ2) is 11.6. The SMILES string of the molecule is COC(=O)c1ccc(COCCOCCOC2CCCCO2)cc1[N+](=O)[O-]. The first kappa shape index (κ1) is 21.2. The fourth-order valence-corrected chi connectivity index (χ4v) is 2.59. The van der Waals surface area contributed by atoms with Crippen molar-refractivity contribution in [3.05, 3.63) is 39.4 Å². The van der Waals surface area contributed by atoms with Crippen molar-refractivity contribution in [3.63, 3.8) is 0 Å². The van der Waals surface area contributed by atoms with Gasteiger partial charge in [0.2, 0.25) is 0 Å². The third-order valence-electron chi connectivity index (χ3n) is 3.97. The van der Waals surface area contributed by atoms with E-state index in [0.29, 0.717) is 32.0 Å². The van der Waals surface area contributed by atoms with Crippen LogP contribution in [-0.4, -0.2) is 57.3 Å². The van der Waals surface area contributed by atoms with Gasteiger partial charge in [-0.25, -0.2) is 4.79 Å². The molecule has 0 radical (unpaired) electrons. The Labute approximate surface area is 157 Å². The van der Waals surface area contributed by atoms with Gasteiger partial charge in [0.25, 0.3) is 5.69 Å². The minimum atomic E-state index is -0.747. The van der Waals surface area contributed by atoms with Crippen molar-refractivity contribution in [1.82, 2.24) is 0 Å². The van der Waals surface area contributed by atoms with E-state index < -0.39 is 10.9 Å². The van der Waals surface area contributed by atoms with E-state index in [4.69, 9.17) is 18.9 Å². The van der Waals surface area contributed by atoms with Crippen LogP contribution in [0.25, 0.3) is 0 Å². The first-order valence-electron chi connectivity index (χ1n) is 8.86. The minimum Gasteiger partial charge on any atom is -0.465 e. The van der Waals surface area contributed by atoms with Gasteiger partial charge in [-0.15, -0.1) is 0 Å². The number of nitro benzene ring substituents is 1. The third kappa shape index (κ3) is 7.22. The highest BCUT2D eigenvalue weighted by Gasteiger charge is 2.21.